The Morgan fingerprint density at radius 2 is 2.18 bits per heavy atom. The quantitative estimate of drug-likeness (QED) is 0.777. The summed E-state index contributed by atoms with van der Waals surface area (Å²) in [5.41, 5.74) is 5.45. The number of hydrogen-bond acceptors (Lipinski definition) is 5. The van der Waals surface area contributed by atoms with Gasteiger partial charge in [0.2, 0.25) is 11.0 Å². The molecule has 1 aromatic heterocycles. The van der Waals surface area contributed by atoms with E-state index in [1.54, 1.807) is 0 Å². The summed E-state index contributed by atoms with van der Waals surface area (Å²) in [4.78, 5) is 3.36. The van der Waals surface area contributed by atoms with Crippen molar-refractivity contribution in [3.8, 4) is 0 Å². The minimum absolute atomic E-state index is 0.206. The topological polar surface area (TPSA) is 63.8 Å². The van der Waals surface area contributed by atoms with E-state index < -0.39 is 12.0 Å². The molecule has 0 aliphatic rings. The normalized spacial score (nSPS) is 13.7. The van der Waals surface area contributed by atoms with Crippen LogP contribution < -0.4 is 11.1 Å². The Morgan fingerprint density at radius 1 is 1.47 bits per heavy atom. The highest BCUT2D eigenvalue weighted by Gasteiger charge is 2.36. The van der Waals surface area contributed by atoms with Crippen LogP contribution in [0.3, 0.4) is 0 Å². The molecule has 1 heterocycles. The van der Waals surface area contributed by atoms with Gasteiger partial charge in [-0.2, -0.15) is 22.5 Å². The van der Waals surface area contributed by atoms with Crippen LogP contribution in [0.4, 0.5) is 18.3 Å². The van der Waals surface area contributed by atoms with Crippen LogP contribution in [0.2, 0.25) is 0 Å². The van der Waals surface area contributed by atoms with Crippen LogP contribution in [0, 0.1) is 5.92 Å². The molecule has 8 heteroatoms. The largest absolute Gasteiger partial charge is 0.452 e. The van der Waals surface area contributed by atoms with Gasteiger partial charge in [0.05, 0.1) is 0 Å². The van der Waals surface area contributed by atoms with Crippen LogP contribution >= 0.6 is 11.5 Å². The van der Waals surface area contributed by atoms with Crippen LogP contribution in [0.25, 0.3) is 0 Å². The van der Waals surface area contributed by atoms with Gasteiger partial charge >= 0.3 is 6.18 Å². The zero-order chi connectivity index (χ0) is 12.9. The van der Waals surface area contributed by atoms with Gasteiger partial charge in [-0.1, -0.05) is 6.92 Å². The fourth-order valence-electron chi connectivity index (χ4n) is 1.17. The number of halogens is 3. The van der Waals surface area contributed by atoms with Crippen molar-refractivity contribution >= 4 is 16.7 Å². The number of aromatic nitrogens is 2. The SMILES string of the molecule is CC(CN)CCCNc1nc(C(F)(F)F)ns1. The number of rotatable bonds is 6. The molecule has 1 rings (SSSR count). The van der Waals surface area contributed by atoms with Crippen LogP contribution in [0.1, 0.15) is 25.6 Å². The predicted molar refractivity (Wildman–Crippen MR) is 60.9 cm³/mol. The number of hydrogen-bond donors (Lipinski definition) is 2. The predicted octanol–water partition coefficient (Wildman–Crippen LogP) is 2.34. The molecule has 1 atom stereocenters. The third-order valence-electron chi connectivity index (χ3n) is 2.23. The molecule has 3 N–H and O–H groups in total. The van der Waals surface area contributed by atoms with Crippen molar-refractivity contribution in [2.45, 2.75) is 25.9 Å². The van der Waals surface area contributed by atoms with Crippen molar-refractivity contribution in [3.63, 3.8) is 0 Å². The van der Waals surface area contributed by atoms with Crippen molar-refractivity contribution in [2.24, 2.45) is 11.7 Å². The van der Waals surface area contributed by atoms with Gasteiger partial charge in [0.25, 0.3) is 0 Å². The summed E-state index contributed by atoms with van der Waals surface area (Å²) in [5, 5.41) is 3.03. The summed E-state index contributed by atoms with van der Waals surface area (Å²) in [5.74, 6) is -0.655. The van der Waals surface area contributed by atoms with E-state index in [2.05, 4.69) is 14.7 Å². The highest BCUT2D eigenvalue weighted by Crippen LogP contribution is 2.28. The average Bonchev–Trinajstić information content (AvgIpc) is 2.72. The lowest BCUT2D eigenvalue weighted by atomic mass is 10.1. The fraction of sp³-hybridized carbons (Fsp3) is 0.778. The minimum Gasteiger partial charge on any atom is -0.360 e. The lowest BCUT2D eigenvalue weighted by Gasteiger charge is -2.07. The molecule has 4 nitrogen and oxygen atoms in total. The standard InChI is InChI=1S/C9H15F3N4S/c1-6(5-13)3-2-4-14-8-15-7(16-17-8)9(10,11)12/h6H,2-5,13H2,1H3,(H,14,15,16). The second kappa shape index (κ2) is 6.15. The van der Waals surface area contributed by atoms with Crippen molar-refractivity contribution in [1.29, 1.82) is 0 Å². The summed E-state index contributed by atoms with van der Waals surface area (Å²) in [7, 11) is 0. The first-order chi connectivity index (χ1) is 7.93. The molecule has 0 aromatic carbocycles. The molecule has 0 aliphatic heterocycles. The molecule has 1 aromatic rings. The molecule has 0 radical (unpaired) electrons. The zero-order valence-electron chi connectivity index (χ0n) is 9.42. The maximum atomic E-state index is 12.2. The fourth-order valence-corrected chi connectivity index (χ4v) is 1.79. The highest BCUT2D eigenvalue weighted by molar-refractivity contribution is 7.09. The minimum atomic E-state index is -4.47. The molecule has 0 spiro atoms. The third-order valence-corrected chi connectivity index (χ3v) is 2.90. The first-order valence-corrected chi connectivity index (χ1v) is 6.05. The smallest absolute Gasteiger partial charge is 0.360 e. The van der Waals surface area contributed by atoms with E-state index in [0.717, 1.165) is 24.4 Å². The van der Waals surface area contributed by atoms with Crippen LogP contribution in [-0.2, 0) is 6.18 Å². The van der Waals surface area contributed by atoms with Gasteiger partial charge in [-0.3, -0.25) is 0 Å². The molecule has 0 saturated carbocycles. The van der Waals surface area contributed by atoms with Gasteiger partial charge in [-0.25, -0.2) is 0 Å². The molecule has 17 heavy (non-hydrogen) atoms. The third kappa shape index (κ3) is 4.86. The van der Waals surface area contributed by atoms with E-state index >= 15 is 0 Å². The Hall–Kier alpha value is -0.890. The first kappa shape index (κ1) is 14.2. The van der Waals surface area contributed by atoms with Crippen molar-refractivity contribution in [1.82, 2.24) is 9.36 Å². The van der Waals surface area contributed by atoms with E-state index in [-0.39, 0.29) is 5.13 Å². The molecular weight excluding hydrogens is 253 g/mol. The number of alkyl halides is 3. The Kier molecular flexibility index (Phi) is 5.13. The van der Waals surface area contributed by atoms with Gasteiger partial charge in [-0.15, -0.1) is 0 Å². The molecule has 0 bridgehead atoms. The molecular formula is C9H15F3N4S. The molecule has 1 unspecified atom stereocenters. The lowest BCUT2D eigenvalue weighted by molar-refractivity contribution is -0.144. The summed E-state index contributed by atoms with van der Waals surface area (Å²) in [6, 6.07) is 0. The average molecular weight is 268 g/mol. The summed E-state index contributed by atoms with van der Waals surface area (Å²) < 4.78 is 39.8. The maximum Gasteiger partial charge on any atom is 0.452 e. The first-order valence-electron chi connectivity index (χ1n) is 5.28. The second-order valence-electron chi connectivity index (χ2n) is 3.83. The summed E-state index contributed by atoms with van der Waals surface area (Å²) in [6.45, 7) is 3.24. The van der Waals surface area contributed by atoms with E-state index in [9.17, 15) is 13.2 Å². The highest BCUT2D eigenvalue weighted by atomic mass is 32.1. The van der Waals surface area contributed by atoms with E-state index in [0.29, 0.717) is 19.0 Å². The van der Waals surface area contributed by atoms with Crippen LogP contribution in [-0.4, -0.2) is 22.4 Å². The van der Waals surface area contributed by atoms with E-state index in [1.807, 2.05) is 6.92 Å². The number of nitrogens with one attached hydrogen (secondary N) is 1. The van der Waals surface area contributed by atoms with Crippen molar-refractivity contribution in [3.05, 3.63) is 5.82 Å². The molecule has 0 amide bonds. The zero-order valence-corrected chi connectivity index (χ0v) is 10.2. The van der Waals surface area contributed by atoms with Crippen LogP contribution in [0.15, 0.2) is 0 Å². The Labute approximate surface area is 102 Å². The van der Waals surface area contributed by atoms with Gasteiger partial charge < -0.3 is 11.1 Å². The maximum absolute atomic E-state index is 12.2. The number of nitrogens with two attached hydrogens (primary N) is 1. The van der Waals surface area contributed by atoms with Crippen LogP contribution in [0.5, 0.6) is 0 Å². The van der Waals surface area contributed by atoms with E-state index in [1.165, 1.54) is 0 Å². The second-order valence-corrected chi connectivity index (χ2v) is 4.58. The number of nitrogens with zero attached hydrogens (tertiary/aromatic N) is 2. The lowest BCUT2D eigenvalue weighted by Crippen LogP contribution is -2.12. The van der Waals surface area contributed by atoms with E-state index in [4.69, 9.17) is 5.73 Å². The van der Waals surface area contributed by atoms with Gasteiger partial charge in [0.15, 0.2) is 0 Å². The Balaban J connectivity index is 2.31. The molecule has 98 valence electrons. The monoisotopic (exact) mass is 268 g/mol. The van der Waals surface area contributed by atoms with Crippen molar-refractivity contribution < 1.29 is 13.2 Å². The Morgan fingerprint density at radius 3 is 2.71 bits per heavy atom. The Bertz CT molecular complexity index is 339. The van der Waals surface area contributed by atoms with Gasteiger partial charge in [0, 0.05) is 18.1 Å². The summed E-state index contributed by atoms with van der Waals surface area (Å²) in [6.07, 6.45) is -2.68. The summed E-state index contributed by atoms with van der Waals surface area (Å²) >= 11 is 0.724. The molecule has 0 fully saturated rings. The molecule has 0 saturated heterocycles. The molecule has 0 aliphatic carbocycles. The van der Waals surface area contributed by atoms with Gasteiger partial charge in [-0.05, 0) is 25.3 Å². The van der Waals surface area contributed by atoms with Gasteiger partial charge in [0.1, 0.15) is 0 Å². The number of anilines is 1. The van der Waals surface area contributed by atoms with Crippen molar-refractivity contribution in [2.75, 3.05) is 18.4 Å².